The number of nitrogens with zero attached hydrogens (tertiary/aromatic N) is 1. The van der Waals surface area contributed by atoms with Gasteiger partial charge in [0, 0.05) is 18.9 Å². The monoisotopic (exact) mass is 362 g/mol. The predicted molar refractivity (Wildman–Crippen MR) is 96.1 cm³/mol. The van der Waals surface area contributed by atoms with Gasteiger partial charge in [0.1, 0.15) is 0 Å². The number of ketones is 1. The molecule has 2 rings (SSSR count). The molecular formula is C18H16Cl2N2O2. The molecule has 6 heteroatoms. The van der Waals surface area contributed by atoms with E-state index in [1.165, 1.54) is 13.0 Å². The number of nitrogens with one attached hydrogen (secondary N) is 1. The summed E-state index contributed by atoms with van der Waals surface area (Å²) in [4.78, 5) is 28.0. The van der Waals surface area contributed by atoms with Crippen molar-refractivity contribution < 1.29 is 9.59 Å². The zero-order chi connectivity index (χ0) is 17.5. The molecule has 1 heterocycles. The van der Waals surface area contributed by atoms with E-state index in [4.69, 9.17) is 23.2 Å². The highest BCUT2D eigenvalue weighted by atomic mass is 35.5. The zero-order valence-electron chi connectivity index (χ0n) is 13.1. The van der Waals surface area contributed by atoms with Crippen LogP contribution in [0.4, 0.5) is 0 Å². The van der Waals surface area contributed by atoms with Gasteiger partial charge < -0.3 is 5.32 Å². The van der Waals surface area contributed by atoms with Crippen molar-refractivity contribution in [1.29, 1.82) is 0 Å². The molecule has 4 nitrogen and oxygen atoms in total. The van der Waals surface area contributed by atoms with Gasteiger partial charge in [-0.3, -0.25) is 14.6 Å². The Hall–Kier alpha value is -2.17. The summed E-state index contributed by atoms with van der Waals surface area (Å²) in [5.41, 5.74) is 1.72. The van der Waals surface area contributed by atoms with Crippen LogP contribution in [-0.4, -0.2) is 23.2 Å². The summed E-state index contributed by atoms with van der Waals surface area (Å²) >= 11 is 11.8. The Kier molecular flexibility index (Phi) is 6.53. The molecule has 0 fully saturated rings. The lowest BCUT2D eigenvalue weighted by atomic mass is 10.1. The van der Waals surface area contributed by atoms with Crippen LogP contribution in [0.15, 0.2) is 48.3 Å². The molecule has 0 aliphatic heterocycles. The van der Waals surface area contributed by atoms with Crippen LogP contribution in [0.25, 0.3) is 6.08 Å². The second-order valence-electron chi connectivity index (χ2n) is 5.15. The van der Waals surface area contributed by atoms with Crippen molar-refractivity contribution in [3.8, 4) is 0 Å². The van der Waals surface area contributed by atoms with E-state index >= 15 is 0 Å². The number of hydrogen-bond donors (Lipinski definition) is 1. The summed E-state index contributed by atoms with van der Waals surface area (Å²) in [5.74, 6) is -0.739. The van der Waals surface area contributed by atoms with Gasteiger partial charge in [0.15, 0.2) is 5.78 Å². The van der Waals surface area contributed by atoms with Crippen molar-refractivity contribution >= 4 is 41.0 Å². The lowest BCUT2D eigenvalue weighted by Gasteiger charge is -2.07. The van der Waals surface area contributed by atoms with E-state index in [1.807, 2.05) is 12.1 Å². The average molecular weight is 363 g/mol. The maximum atomic E-state index is 12.3. The molecule has 0 spiro atoms. The number of pyridine rings is 1. The molecule has 1 amide bonds. The van der Waals surface area contributed by atoms with Gasteiger partial charge >= 0.3 is 0 Å². The van der Waals surface area contributed by atoms with E-state index in [0.717, 1.165) is 5.56 Å². The summed E-state index contributed by atoms with van der Waals surface area (Å²) in [5, 5.41) is 3.53. The Bertz CT molecular complexity index is 774. The first-order chi connectivity index (χ1) is 11.5. The van der Waals surface area contributed by atoms with Gasteiger partial charge in [0.2, 0.25) is 0 Å². The molecule has 0 radical (unpaired) electrons. The number of Topliss-reactive ketones (excluding diaryl/α,β-unsaturated/α-hetero) is 1. The largest absolute Gasteiger partial charge is 0.352 e. The minimum atomic E-state index is -0.419. The molecule has 0 saturated heterocycles. The summed E-state index contributed by atoms with van der Waals surface area (Å²) in [6, 6.07) is 8.68. The fraction of sp³-hybridized carbons (Fsp3) is 0.167. The Morgan fingerprint density at radius 2 is 2.00 bits per heavy atom. The van der Waals surface area contributed by atoms with Gasteiger partial charge in [-0.1, -0.05) is 35.3 Å². The first kappa shape index (κ1) is 18.2. The number of amides is 1. The molecule has 24 heavy (non-hydrogen) atoms. The van der Waals surface area contributed by atoms with E-state index in [1.54, 1.807) is 30.6 Å². The van der Waals surface area contributed by atoms with Crippen molar-refractivity contribution in [1.82, 2.24) is 10.3 Å². The summed E-state index contributed by atoms with van der Waals surface area (Å²) in [6.45, 7) is 1.76. The smallest absolute Gasteiger partial charge is 0.254 e. The molecule has 0 atom stereocenters. The van der Waals surface area contributed by atoms with Gasteiger partial charge in [-0.25, -0.2) is 0 Å². The fourth-order valence-corrected chi connectivity index (χ4v) is 2.36. The van der Waals surface area contributed by atoms with E-state index in [-0.39, 0.29) is 11.4 Å². The van der Waals surface area contributed by atoms with Crippen molar-refractivity contribution in [3.63, 3.8) is 0 Å². The molecule has 0 aliphatic carbocycles. The lowest BCUT2D eigenvalue weighted by molar-refractivity contribution is -0.121. The second-order valence-corrected chi connectivity index (χ2v) is 5.97. The van der Waals surface area contributed by atoms with E-state index in [0.29, 0.717) is 28.6 Å². The summed E-state index contributed by atoms with van der Waals surface area (Å²) in [6.07, 6.45) is 5.57. The van der Waals surface area contributed by atoms with Crippen LogP contribution >= 0.6 is 23.2 Å². The molecule has 1 aromatic carbocycles. The third kappa shape index (κ3) is 5.18. The number of carbonyl (C=O) groups excluding carboxylic acids is 2. The molecule has 0 aliphatic rings. The van der Waals surface area contributed by atoms with Crippen molar-refractivity contribution in [2.75, 3.05) is 6.54 Å². The minimum absolute atomic E-state index is 0.0691. The Labute approximate surface area is 150 Å². The van der Waals surface area contributed by atoms with Crippen LogP contribution < -0.4 is 5.32 Å². The van der Waals surface area contributed by atoms with Gasteiger partial charge in [-0.2, -0.15) is 0 Å². The quantitative estimate of drug-likeness (QED) is 0.484. The third-order valence-corrected chi connectivity index (χ3v) is 4.04. The number of rotatable bonds is 6. The van der Waals surface area contributed by atoms with Gasteiger partial charge in [-0.05, 0) is 48.7 Å². The van der Waals surface area contributed by atoms with Crippen molar-refractivity contribution in [2.24, 2.45) is 0 Å². The van der Waals surface area contributed by atoms with E-state index < -0.39 is 5.91 Å². The Balaban J connectivity index is 2.06. The molecule has 0 saturated carbocycles. The van der Waals surface area contributed by atoms with Crippen LogP contribution in [-0.2, 0) is 16.0 Å². The summed E-state index contributed by atoms with van der Waals surface area (Å²) in [7, 11) is 0. The number of aromatic nitrogens is 1. The van der Waals surface area contributed by atoms with Crippen LogP contribution in [0.2, 0.25) is 10.0 Å². The Morgan fingerprint density at radius 1 is 1.21 bits per heavy atom. The first-order valence-electron chi connectivity index (χ1n) is 7.32. The lowest BCUT2D eigenvalue weighted by Crippen LogP contribution is -2.29. The SMILES string of the molecule is CC(=O)/C(=C/c1ccc(Cl)c(Cl)c1)C(=O)NCCc1cccnc1. The first-order valence-corrected chi connectivity index (χ1v) is 8.08. The molecule has 1 N–H and O–H groups in total. The van der Waals surface area contributed by atoms with Gasteiger partial charge in [-0.15, -0.1) is 0 Å². The molecule has 0 unspecified atom stereocenters. The molecule has 2 aromatic rings. The van der Waals surface area contributed by atoms with E-state index in [2.05, 4.69) is 10.3 Å². The van der Waals surface area contributed by atoms with Crippen molar-refractivity contribution in [3.05, 3.63) is 69.5 Å². The molecular weight excluding hydrogens is 347 g/mol. The highest BCUT2D eigenvalue weighted by Gasteiger charge is 2.14. The third-order valence-electron chi connectivity index (χ3n) is 3.30. The number of carbonyl (C=O) groups is 2. The van der Waals surface area contributed by atoms with Crippen LogP contribution in [0, 0.1) is 0 Å². The van der Waals surface area contributed by atoms with Crippen molar-refractivity contribution in [2.45, 2.75) is 13.3 Å². The summed E-state index contributed by atoms with van der Waals surface area (Å²) < 4.78 is 0. The molecule has 0 bridgehead atoms. The number of benzene rings is 1. The van der Waals surface area contributed by atoms with Crippen LogP contribution in [0.5, 0.6) is 0 Å². The molecule has 1 aromatic heterocycles. The van der Waals surface area contributed by atoms with Crippen LogP contribution in [0.3, 0.4) is 0 Å². The fourth-order valence-electron chi connectivity index (χ4n) is 2.06. The average Bonchev–Trinajstić information content (AvgIpc) is 2.56. The zero-order valence-corrected chi connectivity index (χ0v) is 14.6. The van der Waals surface area contributed by atoms with E-state index in [9.17, 15) is 9.59 Å². The maximum Gasteiger partial charge on any atom is 0.254 e. The number of halogens is 2. The topological polar surface area (TPSA) is 59.1 Å². The van der Waals surface area contributed by atoms with Gasteiger partial charge in [0.25, 0.3) is 5.91 Å². The van der Waals surface area contributed by atoms with Gasteiger partial charge in [0.05, 0.1) is 15.6 Å². The minimum Gasteiger partial charge on any atom is -0.352 e. The molecule has 124 valence electrons. The van der Waals surface area contributed by atoms with Crippen LogP contribution in [0.1, 0.15) is 18.1 Å². The Morgan fingerprint density at radius 3 is 2.62 bits per heavy atom. The number of hydrogen-bond acceptors (Lipinski definition) is 3. The second kappa shape index (κ2) is 8.62. The standard InChI is InChI=1S/C18H16Cl2N2O2/c1-12(23)15(9-14-4-5-16(19)17(20)10-14)18(24)22-8-6-13-3-2-7-21-11-13/h2-5,7,9-11H,6,8H2,1H3,(H,22,24)/b15-9-. The highest BCUT2D eigenvalue weighted by Crippen LogP contribution is 2.23. The predicted octanol–water partition coefficient (Wildman–Crippen LogP) is 3.72. The normalized spacial score (nSPS) is 11.2. The maximum absolute atomic E-state index is 12.3. The highest BCUT2D eigenvalue weighted by molar-refractivity contribution is 6.42.